The summed E-state index contributed by atoms with van der Waals surface area (Å²) >= 11 is 0. The van der Waals surface area contributed by atoms with Gasteiger partial charge in [0.05, 0.1) is 22.1 Å². The van der Waals surface area contributed by atoms with E-state index >= 15 is 0 Å². The van der Waals surface area contributed by atoms with Crippen molar-refractivity contribution in [2.24, 2.45) is 0 Å². The molecule has 5 heteroatoms. The smallest absolute Gasteiger partial charge is 0.335 e. The maximum atomic E-state index is 12.3. The number of pyridine rings is 1. The lowest BCUT2D eigenvalue weighted by Crippen LogP contribution is -2.03. The zero-order valence-corrected chi connectivity index (χ0v) is 12.1. The molecule has 0 bridgehead atoms. The SMILES string of the molecule is Cc1cncc(CS(=O)c2ccc(C)c(C(=O)O)c2)c1. The highest BCUT2D eigenvalue weighted by Gasteiger charge is 2.12. The molecule has 2 aromatic rings. The number of carboxylic acid groups (broad SMARTS) is 1. The fourth-order valence-corrected chi connectivity index (χ4v) is 3.00. The summed E-state index contributed by atoms with van der Waals surface area (Å²) in [6.07, 6.45) is 3.41. The average molecular weight is 289 g/mol. The first-order chi connectivity index (χ1) is 9.47. The topological polar surface area (TPSA) is 67.3 Å². The number of rotatable bonds is 4. The molecular weight excluding hydrogens is 274 g/mol. The number of benzene rings is 1. The summed E-state index contributed by atoms with van der Waals surface area (Å²) < 4.78 is 12.3. The molecule has 0 saturated heterocycles. The first kappa shape index (κ1) is 14.4. The quantitative estimate of drug-likeness (QED) is 0.939. The van der Waals surface area contributed by atoms with Crippen LogP contribution in [0.3, 0.4) is 0 Å². The van der Waals surface area contributed by atoms with Gasteiger partial charge in [-0.3, -0.25) is 9.19 Å². The molecule has 0 aliphatic carbocycles. The van der Waals surface area contributed by atoms with E-state index in [9.17, 15) is 9.00 Å². The number of aromatic carboxylic acids is 1. The maximum absolute atomic E-state index is 12.3. The van der Waals surface area contributed by atoms with Crippen LogP contribution in [0.15, 0.2) is 41.6 Å². The first-order valence-electron chi connectivity index (χ1n) is 6.10. The minimum atomic E-state index is -1.28. The number of aryl methyl sites for hydroxylation is 2. The number of carbonyl (C=O) groups is 1. The first-order valence-corrected chi connectivity index (χ1v) is 7.42. The van der Waals surface area contributed by atoms with E-state index in [1.54, 1.807) is 31.5 Å². The third-order valence-corrected chi connectivity index (χ3v) is 4.31. The van der Waals surface area contributed by atoms with Crippen LogP contribution in [0.5, 0.6) is 0 Å². The van der Waals surface area contributed by atoms with Crippen molar-refractivity contribution in [1.82, 2.24) is 4.98 Å². The summed E-state index contributed by atoms with van der Waals surface area (Å²) in [7, 11) is -1.28. The highest BCUT2D eigenvalue weighted by Crippen LogP contribution is 2.17. The van der Waals surface area contributed by atoms with Gasteiger partial charge in [-0.15, -0.1) is 0 Å². The highest BCUT2D eigenvalue weighted by atomic mass is 32.2. The number of hydrogen-bond acceptors (Lipinski definition) is 3. The van der Waals surface area contributed by atoms with Crippen LogP contribution in [0.2, 0.25) is 0 Å². The molecule has 1 aromatic heterocycles. The van der Waals surface area contributed by atoms with Gasteiger partial charge < -0.3 is 5.11 Å². The molecule has 1 atom stereocenters. The number of carboxylic acids is 1. The lowest BCUT2D eigenvalue weighted by atomic mass is 10.1. The lowest BCUT2D eigenvalue weighted by molar-refractivity contribution is 0.0696. The van der Waals surface area contributed by atoms with Crippen molar-refractivity contribution in [2.45, 2.75) is 24.5 Å². The predicted molar refractivity (Wildman–Crippen MR) is 77.2 cm³/mol. The van der Waals surface area contributed by atoms with Crippen LogP contribution < -0.4 is 0 Å². The minimum Gasteiger partial charge on any atom is -0.478 e. The minimum absolute atomic E-state index is 0.193. The van der Waals surface area contributed by atoms with Crippen LogP contribution in [-0.2, 0) is 16.6 Å². The van der Waals surface area contributed by atoms with Gasteiger partial charge in [0.25, 0.3) is 0 Å². The summed E-state index contributed by atoms with van der Waals surface area (Å²) in [4.78, 5) is 15.7. The summed E-state index contributed by atoms with van der Waals surface area (Å²) in [5, 5.41) is 9.09. The Bertz CT molecular complexity index is 683. The second-order valence-electron chi connectivity index (χ2n) is 4.64. The van der Waals surface area contributed by atoms with Gasteiger partial charge in [0.2, 0.25) is 0 Å². The van der Waals surface area contributed by atoms with Crippen LogP contribution in [0.1, 0.15) is 27.0 Å². The van der Waals surface area contributed by atoms with Gasteiger partial charge in [-0.1, -0.05) is 12.1 Å². The van der Waals surface area contributed by atoms with Crippen molar-refractivity contribution >= 4 is 16.8 Å². The van der Waals surface area contributed by atoms with Crippen molar-refractivity contribution < 1.29 is 14.1 Å². The molecule has 2 rings (SSSR count). The summed E-state index contributed by atoms with van der Waals surface area (Å²) in [6.45, 7) is 3.65. The Labute approximate surface area is 119 Å². The molecule has 0 fully saturated rings. The molecule has 20 heavy (non-hydrogen) atoms. The van der Waals surface area contributed by atoms with Gasteiger partial charge in [-0.25, -0.2) is 4.79 Å². The molecule has 104 valence electrons. The Morgan fingerprint density at radius 1 is 1.25 bits per heavy atom. The van der Waals surface area contributed by atoms with E-state index in [0.717, 1.165) is 11.1 Å². The molecule has 1 aromatic carbocycles. The average Bonchev–Trinajstić information content (AvgIpc) is 2.38. The molecule has 0 aliphatic heterocycles. The van der Waals surface area contributed by atoms with Crippen molar-refractivity contribution in [3.63, 3.8) is 0 Å². The zero-order chi connectivity index (χ0) is 14.7. The van der Waals surface area contributed by atoms with E-state index in [-0.39, 0.29) is 5.56 Å². The van der Waals surface area contributed by atoms with Gasteiger partial charge in [-0.2, -0.15) is 0 Å². The Hall–Kier alpha value is -2.01. The van der Waals surface area contributed by atoms with Crippen LogP contribution in [0.4, 0.5) is 0 Å². The molecule has 1 N–H and O–H groups in total. The summed E-state index contributed by atoms with van der Waals surface area (Å²) in [5.41, 5.74) is 2.74. The van der Waals surface area contributed by atoms with Gasteiger partial charge in [0.1, 0.15) is 0 Å². The van der Waals surface area contributed by atoms with E-state index in [4.69, 9.17) is 5.11 Å². The Morgan fingerprint density at radius 3 is 2.65 bits per heavy atom. The van der Waals surface area contributed by atoms with E-state index < -0.39 is 16.8 Å². The molecule has 1 heterocycles. The molecular formula is C15H15NO3S. The second-order valence-corrected chi connectivity index (χ2v) is 6.09. The second kappa shape index (κ2) is 5.96. The van der Waals surface area contributed by atoms with E-state index in [1.165, 1.54) is 6.07 Å². The molecule has 0 amide bonds. The van der Waals surface area contributed by atoms with Crippen molar-refractivity contribution in [1.29, 1.82) is 0 Å². The third kappa shape index (κ3) is 3.30. The van der Waals surface area contributed by atoms with Gasteiger partial charge in [0, 0.05) is 17.3 Å². The fraction of sp³-hybridized carbons (Fsp3) is 0.200. The molecule has 0 saturated carbocycles. The molecule has 1 unspecified atom stereocenters. The van der Waals surface area contributed by atoms with Gasteiger partial charge in [0.15, 0.2) is 0 Å². The van der Waals surface area contributed by atoms with Crippen molar-refractivity contribution in [3.8, 4) is 0 Å². The fourth-order valence-electron chi connectivity index (χ4n) is 1.90. The Morgan fingerprint density at radius 2 is 2.00 bits per heavy atom. The Kier molecular flexibility index (Phi) is 4.29. The van der Waals surface area contributed by atoms with Crippen LogP contribution in [0.25, 0.3) is 0 Å². The van der Waals surface area contributed by atoms with E-state index in [1.807, 2.05) is 13.0 Å². The number of hydrogen-bond donors (Lipinski definition) is 1. The molecule has 0 aliphatic rings. The maximum Gasteiger partial charge on any atom is 0.335 e. The monoisotopic (exact) mass is 289 g/mol. The number of aromatic nitrogens is 1. The van der Waals surface area contributed by atoms with E-state index in [2.05, 4.69) is 4.98 Å². The molecule has 0 radical (unpaired) electrons. The largest absolute Gasteiger partial charge is 0.478 e. The summed E-state index contributed by atoms with van der Waals surface area (Å²) in [5.74, 6) is -0.671. The molecule has 0 spiro atoms. The van der Waals surface area contributed by atoms with E-state index in [0.29, 0.717) is 16.2 Å². The van der Waals surface area contributed by atoms with Crippen molar-refractivity contribution in [2.75, 3.05) is 0 Å². The van der Waals surface area contributed by atoms with Crippen LogP contribution in [-0.4, -0.2) is 20.3 Å². The van der Waals surface area contributed by atoms with Gasteiger partial charge >= 0.3 is 5.97 Å². The van der Waals surface area contributed by atoms with Gasteiger partial charge in [-0.05, 0) is 42.7 Å². The van der Waals surface area contributed by atoms with Crippen LogP contribution in [0, 0.1) is 13.8 Å². The van der Waals surface area contributed by atoms with Crippen molar-refractivity contribution in [3.05, 3.63) is 58.9 Å². The third-order valence-electron chi connectivity index (χ3n) is 2.93. The molecule has 4 nitrogen and oxygen atoms in total. The standard InChI is InChI=1S/C15H15NO3S/c1-10-5-12(8-16-7-10)9-20(19)13-4-3-11(2)14(6-13)15(17)18/h3-8H,9H2,1-2H3,(H,17,18). The normalized spacial score (nSPS) is 12.1. The summed E-state index contributed by atoms with van der Waals surface area (Å²) in [6, 6.07) is 6.81. The predicted octanol–water partition coefficient (Wildman–Crippen LogP) is 2.70. The zero-order valence-electron chi connectivity index (χ0n) is 11.3. The Balaban J connectivity index is 2.26. The number of nitrogens with zero attached hydrogens (tertiary/aromatic N) is 1. The highest BCUT2D eigenvalue weighted by molar-refractivity contribution is 7.84. The lowest BCUT2D eigenvalue weighted by Gasteiger charge is -2.06. The van der Waals surface area contributed by atoms with Crippen LogP contribution >= 0.6 is 0 Å².